The number of amides is 1. The average molecular weight is 242 g/mol. The van der Waals surface area contributed by atoms with Gasteiger partial charge in [-0.1, -0.05) is 12.1 Å². The Hall–Kier alpha value is -1.42. The van der Waals surface area contributed by atoms with Gasteiger partial charge in [0.15, 0.2) is 11.5 Å². The molecule has 2 rings (SSSR count). The summed E-state index contributed by atoms with van der Waals surface area (Å²) in [5, 5.41) is 2.70. The van der Waals surface area contributed by atoms with E-state index in [1.165, 1.54) is 0 Å². The summed E-state index contributed by atoms with van der Waals surface area (Å²) in [4.78, 5) is 10.9. The number of hydrogen-bond donors (Lipinski definition) is 1. The molecule has 1 aliphatic heterocycles. The highest BCUT2D eigenvalue weighted by atomic mass is 35.5. The predicted octanol–water partition coefficient (Wildman–Crippen LogP) is 1.31. The Kier molecular flexibility index (Phi) is 3.51. The van der Waals surface area contributed by atoms with Crippen LogP contribution in [0.25, 0.3) is 0 Å². The van der Waals surface area contributed by atoms with Gasteiger partial charge in [0.2, 0.25) is 12.7 Å². The second-order valence-corrected chi connectivity index (χ2v) is 3.65. The molecule has 0 radical (unpaired) electrons. The van der Waals surface area contributed by atoms with Crippen LogP contribution in [0.1, 0.15) is 5.56 Å². The van der Waals surface area contributed by atoms with E-state index >= 15 is 0 Å². The van der Waals surface area contributed by atoms with Crippen molar-refractivity contribution in [1.82, 2.24) is 5.32 Å². The lowest BCUT2D eigenvalue weighted by Crippen LogP contribution is -2.26. The van der Waals surface area contributed by atoms with E-state index in [1.807, 2.05) is 18.2 Å². The number of fused-ring (bicyclic) bond motifs is 1. The molecule has 0 saturated carbocycles. The van der Waals surface area contributed by atoms with Crippen molar-refractivity contribution in [2.24, 2.45) is 0 Å². The number of hydrogen-bond acceptors (Lipinski definition) is 3. The van der Waals surface area contributed by atoms with E-state index in [9.17, 15) is 4.79 Å². The molecule has 1 amide bonds. The predicted molar refractivity (Wildman–Crippen MR) is 60.0 cm³/mol. The van der Waals surface area contributed by atoms with Gasteiger partial charge in [0.05, 0.1) is 0 Å². The topological polar surface area (TPSA) is 47.6 Å². The number of benzene rings is 1. The standard InChI is InChI=1S/C11H12ClNO3/c12-6-10(14)13-5-4-8-2-1-3-9-11(8)16-7-15-9/h1-3H,4-7H2,(H,13,14). The lowest BCUT2D eigenvalue weighted by Gasteiger charge is -2.06. The molecule has 0 aliphatic carbocycles. The number of para-hydroxylation sites is 1. The maximum atomic E-state index is 10.9. The van der Waals surface area contributed by atoms with Gasteiger partial charge in [-0.15, -0.1) is 11.6 Å². The highest BCUT2D eigenvalue weighted by Gasteiger charge is 2.16. The number of halogens is 1. The van der Waals surface area contributed by atoms with Gasteiger partial charge in [-0.25, -0.2) is 0 Å². The Bertz CT molecular complexity index is 395. The van der Waals surface area contributed by atoms with Gasteiger partial charge < -0.3 is 14.8 Å². The van der Waals surface area contributed by atoms with Crippen LogP contribution in [0.15, 0.2) is 18.2 Å². The van der Waals surface area contributed by atoms with Crippen molar-refractivity contribution < 1.29 is 14.3 Å². The highest BCUT2D eigenvalue weighted by molar-refractivity contribution is 6.27. The fourth-order valence-electron chi connectivity index (χ4n) is 1.57. The van der Waals surface area contributed by atoms with Crippen molar-refractivity contribution in [2.45, 2.75) is 6.42 Å². The summed E-state index contributed by atoms with van der Waals surface area (Å²) in [5.74, 6) is 1.38. The van der Waals surface area contributed by atoms with Gasteiger partial charge in [0.1, 0.15) is 5.88 Å². The van der Waals surface area contributed by atoms with Crippen molar-refractivity contribution >= 4 is 17.5 Å². The molecule has 0 atom stereocenters. The van der Waals surface area contributed by atoms with Crippen molar-refractivity contribution in [1.29, 1.82) is 0 Å². The van der Waals surface area contributed by atoms with Crippen molar-refractivity contribution in [3.05, 3.63) is 23.8 Å². The van der Waals surface area contributed by atoms with Gasteiger partial charge in [0, 0.05) is 6.54 Å². The first-order chi connectivity index (χ1) is 7.81. The van der Waals surface area contributed by atoms with E-state index in [0.717, 1.165) is 17.1 Å². The normalized spacial score (nSPS) is 12.6. The molecule has 0 saturated heterocycles. The van der Waals surface area contributed by atoms with Crippen LogP contribution in [-0.2, 0) is 11.2 Å². The fraction of sp³-hybridized carbons (Fsp3) is 0.364. The Labute approximate surface area is 98.5 Å². The van der Waals surface area contributed by atoms with Crippen LogP contribution in [0.2, 0.25) is 0 Å². The first-order valence-electron chi connectivity index (χ1n) is 5.01. The molecule has 1 N–H and O–H groups in total. The molecule has 4 nitrogen and oxygen atoms in total. The molecule has 0 aromatic heterocycles. The van der Waals surface area contributed by atoms with Crippen LogP contribution in [0.5, 0.6) is 11.5 Å². The second kappa shape index (κ2) is 5.07. The largest absolute Gasteiger partial charge is 0.454 e. The average Bonchev–Trinajstić information content (AvgIpc) is 2.77. The number of carbonyl (C=O) groups excluding carboxylic acids is 1. The summed E-state index contributed by atoms with van der Waals surface area (Å²) in [6.45, 7) is 0.811. The summed E-state index contributed by atoms with van der Waals surface area (Å²) in [7, 11) is 0. The molecular weight excluding hydrogens is 230 g/mol. The van der Waals surface area contributed by atoms with E-state index in [-0.39, 0.29) is 18.6 Å². The molecule has 0 bridgehead atoms. The van der Waals surface area contributed by atoms with Crippen molar-refractivity contribution in [3.8, 4) is 11.5 Å². The summed E-state index contributed by atoms with van der Waals surface area (Å²) < 4.78 is 10.6. The highest BCUT2D eigenvalue weighted by Crippen LogP contribution is 2.35. The van der Waals surface area contributed by atoms with E-state index in [4.69, 9.17) is 21.1 Å². The molecule has 1 aromatic carbocycles. The summed E-state index contributed by atoms with van der Waals surface area (Å²) in [6, 6.07) is 5.73. The first kappa shape index (κ1) is 11.1. The third-order valence-corrected chi connectivity index (χ3v) is 2.56. The van der Waals surface area contributed by atoms with Crippen LogP contribution in [0, 0.1) is 0 Å². The second-order valence-electron chi connectivity index (χ2n) is 3.38. The summed E-state index contributed by atoms with van der Waals surface area (Å²) in [6.07, 6.45) is 0.704. The first-order valence-corrected chi connectivity index (χ1v) is 5.55. The van der Waals surface area contributed by atoms with Crippen LogP contribution >= 0.6 is 11.6 Å². The number of alkyl halides is 1. The van der Waals surface area contributed by atoms with Gasteiger partial charge in [0.25, 0.3) is 0 Å². The monoisotopic (exact) mass is 241 g/mol. The third kappa shape index (κ3) is 2.39. The number of nitrogens with one attached hydrogen (secondary N) is 1. The third-order valence-electron chi connectivity index (χ3n) is 2.32. The van der Waals surface area contributed by atoms with Crippen molar-refractivity contribution in [2.75, 3.05) is 19.2 Å². The van der Waals surface area contributed by atoms with Crippen LogP contribution in [-0.4, -0.2) is 25.1 Å². The van der Waals surface area contributed by atoms with E-state index < -0.39 is 0 Å². The minimum atomic E-state index is -0.161. The van der Waals surface area contributed by atoms with Crippen molar-refractivity contribution in [3.63, 3.8) is 0 Å². The zero-order chi connectivity index (χ0) is 11.4. The van der Waals surface area contributed by atoms with Crippen LogP contribution < -0.4 is 14.8 Å². The Balaban J connectivity index is 1.95. The van der Waals surface area contributed by atoms with E-state index in [2.05, 4.69) is 5.32 Å². The maximum Gasteiger partial charge on any atom is 0.234 e. The minimum Gasteiger partial charge on any atom is -0.454 e. The molecule has 16 heavy (non-hydrogen) atoms. The van der Waals surface area contributed by atoms with Gasteiger partial charge >= 0.3 is 0 Å². The van der Waals surface area contributed by atoms with Gasteiger partial charge in [-0.3, -0.25) is 4.79 Å². The smallest absolute Gasteiger partial charge is 0.234 e. The molecule has 0 unspecified atom stereocenters. The van der Waals surface area contributed by atoms with Gasteiger partial charge in [-0.05, 0) is 18.1 Å². The fourth-order valence-corrected chi connectivity index (χ4v) is 1.67. The summed E-state index contributed by atoms with van der Waals surface area (Å²) in [5.41, 5.74) is 1.03. The minimum absolute atomic E-state index is 0.00743. The Morgan fingerprint density at radius 3 is 3.12 bits per heavy atom. The molecule has 0 fully saturated rings. The van der Waals surface area contributed by atoms with Crippen LogP contribution in [0.3, 0.4) is 0 Å². The maximum absolute atomic E-state index is 10.9. The molecular formula is C11H12ClNO3. The lowest BCUT2D eigenvalue weighted by molar-refractivity contribution is -0.118. The molecule has 1 aliphatic rings. The Morgan fingerprint density at radius 1 is 1.44 bits per heavy atom. The quantitative estimate of drug-likeness (QED) is 0.809. The SMILES string of the molecule is O=C(CCl)NCCc1cccc2c1OCO2. The van der Waals surface area contributed by atoms with Crippen LogP contribution in [0.4, 0.5) is 0 Å². The summed E-state index contributed by atoms with van der Waals surface area (Å²) >= 11 is 5.37. The lowest BCUT2D eigenvalue weighted by atomic mass is 10.1. The zero-order valence-electron chi connectivity index (χ0n) is 8.66. The molecule has 5 heteroatoms. The zero-order valence-corrected chi connectivity index (χ0v) is 9.42. The molecule has 86 valence electrons. The Morgan fingerprint density at radius 2 is 2.31 bits per heavy atom. The molecule has 1 aromatic rings. The molecule has 0 spiro atoms. The number of rotatable bonds is 4. The van der Waals surface area contributed by atoms with Gasteiger partial charge in [-0.2, -0.15) is 0 Å². The molecule has 1 heterocycles. The number of carbonyl (C=O) groups is 1. The van der Waals surface area contributed by atoms with E-state index in [1.54, 1.807) is 0 Å². The van der Waals surface area contributed by atoms with E-state index in [0.29, 0.717) is 13.0 Å². The number of ether oxygens (including phenoxy) is 2.